The molecule has 0 unspecified atom stereocenters. The number of rotatable bonds is 4. The van der Waals surface area contributed by atoms with Gasteiger partial charge in [-0.2, -0.15) is 0 Å². The highest BCUT2D eigenvalue weighted by Crippen LogP contribution is 2.40. The number of sulfone groups is 1. The summed E-state index contributed by atoms with van der Waals surface area (Å²) in [7, 11) is -2.63. The average molecular weight is 430 g/mol. The van der Waals surface area contributed by atoms with Gasteiger partial charge < -0.3 is 10.4 Å². The van der Waals surface area contributed by atoms with Gasteiger partial charge in [-0.25, -0.2) is 8.42 Å². The van der Waals surface area contributed by atoms with E-state index in [1.807, 2.05) is 41.5 Å². The molecule has 0 heterocycles. The van der Waals surface area contributed by atoms with Gasteiger partial charge in [0.2, 0.25) is 9.84 Å². The van der Waals surface area contributed by atoms with Crippen LogP contribution in [0.25, 0.3) is 6.08 Å². The van der Waals surface area contributed by atoms with Gasteiger partial charge in [-0.1, -0.05) is 59.7 Å². The van der Waals surface area contributed by atoms with E-state index < -0.39 is 15.7 Å². The van der Waals surface area contributed by atoms with Crippen LogP contribution in [0, 0.1) is 0 Å². The first-order chi connectivity index (χ1) is 13.7. The highest BCUT2D eigenvalue weighted by atomic mass is 32.2. The number of carbonyl (C=O) groups is 1. The molecule has 0 aromatic heterocycles. The Bertz CT molecular complexity index is 1040. The van der Waals surface area contributed by atoms with Crippen LogP contribution in [0.2, 0.25) is 0 Å². The number of carbonyl (C=O) groups excluding carboxylic acids is 1. The second-order valence-electron chi connectivity index (χ2n) is 9.37. The Morgan fingerprint density at radius 3 is 1.80 bits per heavy atom. The third kappa shape index (κ3) is 4.93. The van der Waals surface area contributed by atoms with E-state index in [-0.39, 0.29) is 26.4 Å². The molecule has 0 fully saturated rings. The van der Waals surface area contributed by atoms with Gasteiger partial charge >= 0.3 is 0 Å². The second-order valence-corrected chi connectivity index (χ2v) is 11.3. The molecule has 162 valence electrons. The molecule has 2 aromatic rings. The molecular formula is C24H31NO4S. The Morgan fingerprint density at radius 1 is 0.933 bits per heavy atom. The molecule has 0 radical (unpaired) electrons. The molecule has 0 aliphatic carbocycles. The molecule has 0 spiro atoms. The summed E-state index contributed by atoms with van der Waals surface area (Å²) in [6, 6.07) is 11.4. The highest BCUT2D eigenvalue weighted by molar-refractivity contribution is 7.96. The summed E-state index contributed by atoms with van der Waals surface area (Å²) in [5.41, 5.74) is 1.17. The quantitative estimate of drug-likeness (QED) is 0.699. The predicted molar refractivity (Wildman–Crippen MR) is 121 cm³/mol. The maximum Gasteiger partial charge on any atom is 0.262 e. The lowest BCUT2D eigenvalue weighted by atomic mass is 9.78. The number of amides is 1. The van der Waals surface area contributed by atoms with E-state index in [4.69, 9.17) is 0 Å². The number of likely N-dealkylation sites (N-methyl/N-ethyl adjacent to an activating group) is 1. The summed E-state index contributed by atoms with van der Waals surface area (Å²) >= 11 is 0. The van der Waals surface area contributed by atoms with Crippen LogP contribution in [0.3, 0.4) is 0 Å². The minimum Gasteiger partial charge on any atom is -0.507 e. The van der Waals surface area contributed by atoms with E-state index in [0.717, 1.165) is 0 Å². The Morgan fingerprint density at radius 2 is 1.40 bits per heavy atom. The molecule has 30 heavy (non-hydrogen) atoms. The van der Waals surface area contributed by atoms with Gasteiger partial charge in [0.15, 0.2) is 0 Å². The number of aromatic hydroxyl groups is 1. The van der Waals surface area contributed by atoms with Crippen molar-refractivity contribution in [3.05, 3.63) is 64.1 Å². The average Bonchev–Trinajstić information content (AvgIpc) is 2.65. The van der Waals surface area contributed by atoms with Crippen LogP contribution in [-0.2, 0) is 25.5 Å². The van der Waals surface area contributed by atoms with E-state index >= 15 is 0 Å². The molecule has 0 saturated heterocycles. The lowest BCUT2D eigenvalue weighted by molar-refractivity contribution is -0.116. The van der Waals surface area contributed by atoms with Crippen molar-refractivity contribution < 1.29 is 18.3 Å². The SMILES string of the molecule is CNC(=O)/C(=C/c1cc(C(C)(C)C)c(O)c(C(C)(C)C)c1)S(=O)(=O)c1ccccc1. The van der Waals surface area contributed by atoms with Crippen molar-refractivity contribution >= 4 is 21.8 Å². The first kappa shape index (κ1) is 23.7. The molecular weight excluding hydrogens is 398 g/mol. The molecule has 1 amide bonds. The predicted octanol–water partition coefficient (Wildman–Crippen LogP) is 4.55. The van der Waals surface area contributed by atoms with Crippen molar-refractivity contribution in [3.8, 4) is 5.75 Å². The Balaban J connectivity index is 2.83. The van der Waals surface area contributed by atoms with Crippen molar-refractivity contribution in [1.82, 2.24) is 5.32 Å². The maximum atomic E-state index is 13.2. The number of hydrogen-bond acceptors (Lipinski definition) is 4. The van der Waals surface area contributed by atoms with Gasteiger partial charge in [-0.05, 0) is 46.7 Å². The fraction of sp³-hybridized carbons (Fsp3) is 0.375. The molecule has 0 atom stereocenters. The van der Waals surface area contributed by atoms with Gasteiger partial charge in [-0.3, -0.25) is 4.79 Å². The Labute approximate surface area is 179 Å². The van der Waals surface area contributed by atoms with E-state index in [1.165, 1.54) is 25.3 Å². The van der Waals surface area contributed by atoms with E-state index in [2.05, 4.69) is 5.32 Å². The zero-order valence-electron chi connectivity index (χ0n) is 18.7. The number of benzene rings is 2. The van der Waals surface area contributed by atoms with Gasteiger partial charge in [0, 0.05) is 18.2 Å². The number of phenols is 1. The lowest BCUT2D eigenvalue weighted by Crippen LogP contribution is -2.25. The Hall–Kier alpha value is -2.60. The smallest absolute Gasteiger partial charge is 0.262 e. The van der Waals surface area contributed by atoms with Gasteiger partial charge in [0.05, 0.1) is 4.90 Å². The number of nitrogens with one attached hydrogen (secondary N) is 1. The topological polar surface area (TPSA) is 83.5 Å². The number of hydrogen-bond donors (Lipinski definition) is 2. The summed E-state index contributed by atoms with van der Waals surface area (Å²) in [4.78, 5) is 12.3. The first-order valence-electron chi connectivity index (χ1n) is 9.81. The zero-order valence-corrected chi connectivity index (χ0v) is 19.5. The van der Waals surface area contributed by atoms with E-state index in [9.17, 15) is 18.3 Å². The molecule has 2 N–H and O–H groups in total. The van der Waals surface area contributed by atoms with Crippen molar-refractivity contribution in [2.75, 3.05) is 7.05 Å². The summed E-state index contributed by atoms with van der Waals surface area (Å²) in [6.45, 7) is 11.8. The summed E-state index contributed by atoms with van der Waals surface area (Å²) in [6.07, 6.45) is 1.38. The van der Waals surface area contributed by atoms with Crippen LogP contribution < -0.4 is 5.32 Å². The first-order valence-corrected chi connectivity index (χ1v) is 11.3. The molecule has 0 bridgehead atoms. The minimum absolute atomic E-state index is 0.0470. The lowest BCUT2D eigenvalue weighted by Gasteiger charge is -2.28. The minimum atomic E-state index is -4.03. The second kappa shape index (κ2) is 8.26. The summed E-state index contributed by atoms with van der Waals surface area (Å²) in [5, 5.41) is 13.3. The summed E-state index contributed by atoms with van der Waals surface area (Å²) in [5.74, 6) is -0.499. The molecule has 5 nitrogen and oxygen atoms in total. The standard InChI is InChI=1S/C24H31NO4S/c1-23(2,3)18-13-16(14-19(21(18)26)24(4,5)6)15-20(22(27)25-7)30(28,29)17-11-9-8-10-12-17/h8-15,26H,1-7H3,(H,25,27)/b20-15-. The molecule has 0 saturated carbocycles. The number of phenolic OH excluding ortho intramolecular Hbond substituents is 1. The van der Waals surface area contributed by atoms with Crippen LogP contribution in [0.15, 0.2) is 52.3 Å². The largest absolute Gasteiger partial charge is 0.507 e. The molecule has 2 rings (SSSR count). The highest BCUT2D eigenvalue weighted by Gasteiger charge is 2.29. The third-order valence-electron chi connectivity index (χ3n) is 4.84. The van der Waals surface area contributed by atoms with Crippen LogP contribution in [-0.4, -0.2) is 26.5 Å². The van der Waals surface area contributed by atoms with Crippen molar-refractivity contribution in [3.63, 3.8) is 0 Å². The maximum absolute atomic E-state index is 13.2. The summed E-state index contributed by atoms with van der Waals surface area (Å²) < 4.78 is 26.4. The normalized spacial score (nSPS) is 13.2. The molecule has 6 heteroatoms. The zero-order chi connectivity index (χ0) is 22.9. The van der Waals surface area contributed by atoms with Crippen LogP contribution in [0.4, 0.5) is 0 Å². The van der Waals surface area contributed by atoms with Crippen LogP contribution >= 0.6 is 0 Å². The Kier molecular flexibility index (Phi) is 6.52. The van der Waals surface area contributed by atoms with Crippen LogP contribution in [0.5, 0.6) is 5.75 Å². The molecule has 0 aliphatic rings. The van der Waals surface area contributed by atoms with Gasteiger partial charge in [0.25, 0.3) is 5.91 Å². The fourth-order valence-corrected chi connectivity index (χ4v) is 4.56. The molecule has 0 aliphatic heterocycles. The molecule has 2 aromatic carbocycles. The van der Waals surface area contributed by atoms with Crippen molar-refractivity contribution in [2.24, 2.45) is 0 Å². The van der Waals surface area contributed by atoms with Crippen molar-refractivity contribution in [1.29, 1.82) is 0 Å². The van der Waals surface area contributed by atoms with Crippen molar-refractivity contribution in [2.45, 2.75) is 57.3 Å². The van der Waals surface area contributed by atoms with Gasteiger partial charge in [0.1, 0.15) is 10.7 Å². The van der Waals surface area contributed by atoms with Crippen LogP contribution in [0.1, 0.15) is 58.2 Å². The van der Waals surface area contributed by atoms with E-state index in [0.29, 0.717) is 16.7 Å². The van der Waals surface area contributed by atoms with E-state index in [1.54, 1.807) is 30.3 Å². The monoisotopic (exact) mass is 429 g/mol. The fourth-order valence-electron chi connectivity index (χ4n) is 3.15. The van der Waals surface area contributed by atoms with Gasteiger partial charge in [-0.15, -0.1) is 0 Å². The third-order valence-corrected chi connectivity index (χ3v) is 6.61.